The molecule has 0 aromatic heterocycles. The monoisotopic (exact) mass is 332 g/mol. The average molecular weight is 333 g/mol. The third-order valence-corrected chi connectivity index (χ3v) is 6.51. The molecule has 21 heavy (non-hydrogen) atoms. The fraction of sp³-hybridized carbons (Fsp3) is 0.571. The molecule has 2 aliphatic rings. The summed E-state index contributed by atoms with van der Waals surface area (Å²) in [5.41, 5.74) is 0.608. The molecule has 1 atom stereocenters. The van der Waals surface area contributed by atoms with Crippen molar-refractivity contribution in [3.05, 3.63) is 29.6 Å². The highest BCUT2D eigenvalue weighted by atomic mass is 35.5. The minimum Gasteiger partial charge on any atom is -0.298 e. The van der Waals surface area contributed by atoms with E-state index in [1.54, 1.807) is 0 Å². The zero-order valence-corrected chi connectivity index (χ0v) is 13.2. The van der Waals surface area contributed by atoms with Gasteiger partial charge in [0.1, 0.15) is 10.7 Å². The third-order valence-electron chi connectivity index (χ3n) is 4.32. The standard InChI is InChI=1S/C14H18ClFN2O2S/c15-9-11-3-4-13(16)14(8-11)21(19,20)18-7-6-17-5-1-2-12(17)10-18/h3-4,8,12H,1-2,5-7,9-10H2. The summed E-state index contributed by atoms with van der Waals surface area (Å²) >= 11 is 5.72. The Morgan fingerprint density at radius 1 is 1.29 bits per heavy atom. The normalized spacial score (nSPS) is 24.2. The van der Waals surface area contributed by atoms with Crippen LogP contribution in [0, 0.1) is 5.82 Å². The molecule has 1 unspecified atom stereocenters. The van der Waals surface area contributed by atoms with Crippen LogP contribution in [-0.4, -0.2) is 49.8 Å². The maximum atomic E-state index is 14.0. The molecule has 1 aromatic rings. The van der Waals surface area contributed by atoms with Gasteiger partial charge >= 0.3 is 0 Å². The predicted molar refractivity (Wildman–Crippen MR) is 79.3 cm³/mol. The summed E-state index contributed by atoms with van der Waals surface area (Å²) in [6.45, 7) is 2.63. The first-order valence-corrected chi connectivity index (χ1v) is 9.08. The smallest absolute Gasteiger partial charge is 0.246 e. The highest BCUT2D eigenvalue weighted by Crippen LogP contribution is 2.27. The van der Waals surface area contributed by atoms with Crippen LogP contribution in [0.25, 0.3) is 0 Å². The topological polar surface area (TPSA) is 40.6 Å². The molecule has 0 saturated carbocycles. The number of rotatable bonds is 3. The fourth-order valence-electron chi connectivity index (χ4n) is 3.15. The molecule has 7 heteroatoms. The lowest BCUT2D eigenvalue weighted by molar-refractivity contribution is 0.158. The van der Waals surface area contributed by atoms with E-state index in [9.17, 15) is 12.8 Å². The summed E-state index contributed by atoms with van der Waals surface area (Å²) in [7, 11) is -3.79. The van der Waals surface area contributed by atoms with Gasteiger partial charge in [0.05, 0.1) is 0 Å². The van der Waals surface area contributed by atoms with Gasteiger partial charge in [-0.2, -0.15) is 4.31 Å². The van der Waals surface area contributed by atoms with E-state index >= 15 is 0 Å². The molecular weight excluding hydrogens is 315 g/mol. The van der Waals surface area contributed by atoms with Gasteiger partial charge in [-0.05, 0) is 37.1 Å². The van der Waals surface area contributed by atoms with Crippen molar-refractivity contribution in [1.82, 2.24) is 9.21 Å². The van der Waals surface area contributed by atoms with Gasteiger partial charge in [0.25, 0.3) is 0 Å². The Bertz CT molecular complexity index is 638. The highest BCUT2D eigenvalue weighted by molar-refractivity contribution is 7.89. The van der Waals surface area contributed by atoms with E-state index in [1.165, 1.54) is 22.5 Å². The van der Waals surface area contributed by atoms with Crippen LogP contribution in [0.4, 0.5) is 4.39 Å². The van der Waals surface area contributed by atoms with Crippen molar-refractivity contribution in [2.75, 3.05) is 26.2 Å². The molecule has 2 saturated heterocycles. The molecule has 116 valence electrons. The van der Waals surface area contributed by atoms with Crippen molar-refractivity contribution in [1.29, 1.82) is 0 Å². The van der Waals surface area contributed by atoms with Crippen LogP contribution in [0.15, 0.2) is 23.1 Å². The molecule has 2 heterocycles. The molecule has 0 radical (unpaired) electrons. The number of nitrogens with zero attached hydrogens (tertiary/aromatic N) is 2. The Morgan fingerprint density at radius 3 is 2.86 bits per heavy atom. The first-order chi connectivity index (χ1) is 10.0. The van der Waals surface area contributed by atoms with E-state index < -0.39 is 15.8 Å². The van der Waals surface area contributed by atoms with E-state index in [1.807, 2.05) is 0 Å². The Hall–Kier alpha value is -0.690. The van der Waals surface area contributed by atoms with E-state index in [-0.39, 0.29) is 16.8 Å². The Labute approximate surface area is 129 Å². The second kappa shape index (κ2) is 5.83. The number of halogens is 2. The van der Waals surface area contributed by atoms with Crippen LogP contribution < -0.4 is 0 Å². The molecule has 4 nitrogen and oxygen atoms in total. The predicted octanol–water partition coefficient (Wildman–Crippen LogP) is 2.03. The second-order valence-electron chi connectivity index (χ2n) is 5.59. The molecule has 0 spiro atoms. The average Bonchev–Trinajstić information content (AvgIpc) is 2.95. The van der Waals surface area contributed by atoms with E-state index in [2.05, 4.69) is 4.90 Å². The number of piperazine rings is 1. The van der Waals surface area contributed by atoms with Gasteiger partial charge in [0.15, 0.2) is 0 Å². The Kier molecular flexibility index (Phi) is 4.23. The minimum absolute atomic E-state index is 0.166. The van der Waals surface area contributed by atoms with Crippen molar-refractivity contribution in [2.24, 2.45) is 0 Å². The zero-order chi connectivity index (χ0) is 15.0. The number of sulfonamides is 1. The Morgan fingerprint density at radius 2 is 2.10 bits per heavy atom. The van der Waals surface area contributed by atoms with E-state index in [0.29, 0.717) is 18.7 Å². The molecular formula is C14H18ClFN2O2S. The van der Waals surface area contributed by atoms with Crippen LogP contribution in [0.3, 0.4) is 0 Å². The number of alkyl halides is 1. The lowest BCUT2D eigenvalue weighted by atomic mass is 10.2. The van der Waals surface area contributed by atoms with Gasteiger partial charge in [-0.15, -0.1) is 11.6 Å². The largest absolute Gasteiger partial charge is 0.298 e. The lowest BCUT2D eigenvalue weighted by Gasteiger charge is -2.36. The summed E-state index contributed by atoms with van der Waals surface area (Å²) in [6.07, 6.45) is 2.12. The summed E-state index contributed by atoms with van der Waals surface area (Å²) in [4.78, 5) is 2.06. The summed E-state index contributed by atoms with van der Waals surface area (Å²) in [5.74, 6) is -0.545. The van der Waals surface area contributed by atoms with Crippen molar-refractivity contribution >= 4 is 21.6 Å². The quantitative estimate of drug-likeness (QED) is 0.795. The SMILES string of the molecule is O=S(=O)(c1cc(CCl)ccc1F)N1CCN2CCCC2C1. The minimum atomic E-state index is -3.79. The number of benzene rings is 1. The summed E-state index contributed by atoms with van der Waals surface area (Å²) in [6, 6.07) is 4.30. The Balaban J connectivity index is 1.90. The maximum absolute atomic E-state index is 14.0. The fourth-order valence-corrected chi connectivity index (χ4v) is 4.90. The summed E-state index contributed by atoms with van der Waals surface area (Å²) in [5, 5.41) is 0. The first kappa shape index (κ1) is 15.2. The van der Waals surface area contributed by atoms with Gasteiger partial charge in [-0.1, -0.05) is 6.07 Å². The molecule has 3 rings (SSSR count). The van der Waals surface area contributed by atoms with Crippen LogP contribution in [0.1, 0.15) is 18.4 Å². The number of hydrogen-bond donors (Lipinski definition) is 0. The number of fused-ring (bicyclic) bond motifs is 1. The second-order valence-corrected chi connectivity index (χ2v) is 7.77. The molecule has 2 aliphatic heterocycles. The van der Waals surface area contributed by atoms with Crippen LogP contribution in [0.2, 0.25) is 0 Å². The van der Waals surface area contributed by atoms with Gasteiger partial charge in [0, 0.05) is 31.6 Å². The van der Waals surface area contributed by atoms with Crippen LogP contribution in [0.5, 0.6) is 0 Å². The molecule has 0 N–H and O–H groups in total. The maximum Gasteiger partial charge on any atom is 0.246 e. The first-order valence-electron chi connectivity index (χ1n) is 7.11. The van der Waals surface area contributed by atoms with Gasteiger partial charge in [-0.3, -0.25) is 4.90 Å². The molecule has 2 fully saturated rings. The van der Waals surface area contributed by atoms with E-state index in [4.69, 9.17) is 11.6 Å². The molecule has 0 bridgehead atoms. The van der Waals surface area contributed by atoms with Gasteiger partial charge in [0.2, 0.25) is 10.0 Å². The van der Waals surface area contributed by atoms with Crippen molar-refractivity contribution in [3.8, 4) is 0 Å². The molecule has 0 aliphatic carbocycles. The molecule has 1 aromatic carbocycles. The zero-order valence-electron chi connectivity index (χ0n) is 11.6. The lowest BCUT2D eigenvalue weighted by Crippen LogP contribution is -2.52. The van der Waals surface area contributed by atoms with Gasteiger partial charge < -0.3 is 0 Å². The van der Waals surface area contributed by atoms with Crippen LogP contribution >= 0.6 is 11.6 Å². The van der Waals surface area contributed by atoms with Crippen molar-refractivity contribution < 1.29 is 12.8 Å². The molecule has 0 amide bonds. The third kappa shape index (κ3) is 2.82. The van der Waals surface area contributed by atoms with Crippen molar-refractivity contribution in [2.45, 2.75) is 29.7 Å². The van der Waals surface area contributed by atoms with Crippen LogP contribution in [-0.2, 0) is 15.9 Å². The summed E-state index contributed by atoms with van der Waals surface area (Å²) < 4.78 is 40.8. The van der Waals surface area contributed by atoms with Gasteiger partial charge in [-0.25, -0.2) is 12.8 Å². The van der Waals surface area contributed by atoms with E-state index in [0.717, 1.165) is 25.9 Å². The van der Waals surface area contributed by atoms with Crippen molar-refractivity contribution in [3.63, 3.8) is 0 Å². The highest BCUT2D eigenvalue weighted by Gasteiger charge is 2.37. The number of hydrogen-bond acceptors (Lipinski definition) is 3.